The normalized spacial score (nSPS) is 15.5. The first kappa shape index (κ1) is 11.2. The topological polar surface area (TPSA) is 29.1 Å². The summed E-state index contributed by atoms with van der Waals surface area (Å²) in [5.41, 5.74) is 0.756. The van der Waals surface area contributed by atoms with Crippen LogP contribution in [0.5, 0.6) is 0 Å². The molecule has 1 N–H and O–H groups in total. The molecule has 0 radical (unpaired) electrons. The van der Waals surface area contributed by atoms with E-state index in [1.807, 2.05) is 30.3 Å². The molecule has 16 heavy (non-hydrogen) atoms. The Bertz CT molecular complexity index is 330. The number of amides is 1. The smallest absolute Gasteiger partial charge is 0.251 e. The number of carbonyl (C=O) groups is 1. The molecule has 0 bridgehead atoms. The summed E-state index contributed by atoms with van der Waals surface area (Å²) in [6, 6.07) is 9.41. The van der Waals surface area contributed by atoms with Crippen LogP contribution < -0.4 is 5.32 Å². The van der Waals surface area contributed by atoms with Crippen molar-refractivity contribution in [2.45, 2.75) is 32.1 Å². The average Bonchev–Trinajstić information content (AvgIpc) is 2.27. The third kappa shape index (κ3) is 3.09. The monoisotopic (exact) mass is 217 g/mol. The molecule has 0 heterocycles. The quantitative estimate of drug-likeness (QED) is 0.755. The van der Waals surface area contributed by atoms with Gasteiger partial charge in [0.25, 0.3) is 5.91 Å². The fourth-order valence-electron chi connectivity index (χ4n) is 2.07. The largest absolute Gasteiger partial charge is 0.352 e. The number of nitrogens with one attached hydrogen (secondary N) is 1. The molecule has 1 aliphatic carbocycles. The highest BCUT2D eigenvalue weighted by molar-refractivity contribution is 5.94. The van der Waals surface area contributed by atoms with Crippen molar-refractivity contribution < 1.29 is 4.79 Å². The zero-order valence-corrected chi connectivity index (χ0v) is 9.61. The van der Waals surface area contributed by atoms with Crippen molar-refractivity contribution >= 4 is 5.91 Å². The summed E-state index contributed by atoms with van der Waals surface area (Å²) < 4.78 is 0. The van der Waals surface area contributed by atoms with Gasteiger partial charge < -0.3 is 5.32 Å². The van der Waals surface area contributed by atoms with Crippen LogP contribution in [0.2, 0.25) is 0 Å². The number of hydrogen-bond acceptors (Lipinski definition) is 1. The molecular weight excluding hydrogens is 198 g/mol. The van der Waals surface area contributed by atoms with Gasteiger partial charge in [0.1, 0.15) is 0 Å². The minimum Gasteiger partial charge on any atom is -0.352 e. The lowest BCUT2D eigenvalue weighted by molar-refractivity contribution is 0.0951. The first-order valence-electron chi connectivity index (χ1n) is 6.19. The highest BCUT2D eigenvalue weighted by Crippen LogP contribution is 2.30. The van der Waals surface area contributed by atoms with Crippen molar-refractivity contribution in [1.82, 2.24) is 5.32 Å². The highest BCUT2D eigenvalue weighted by atomic mass is 16.1. The number of rotatable bonds is 5. The first-order chi connectivity index (χ1) is 7.86. The molecule has 1 aliphatic rings. The lowest BCUT2D eigenvalue weighted by Crippen LogP contribution is -2.25. The molecule has 2 heteroatoms. The Morgan fingerprint density at radius 2 is 2.00 bits per heavy atom. The molecule has 1 aromatic carbocycles. The van der Waals surface area contributed by atoms with Crippen LogP contribution in [0.25, 0.3) is 0 Å². The molecule has 0 spiro atoms. The van der Waals surface area contributed by atoms with Gasteiger partial charge in [-0.3, -0.25) is 4.79 Å². The average molecular weight is 217 g/mol. The standard InChI is InChI=1S/C14H19NO/c16-14(13-9-2-1-3-10-13)15-11-5-8-12-6-4-7-12/h1-3,9-10,12H,4-8,11H2,(H,15,16). The molecule has 0 aliphatic heterocycles. The number of benzene rings is 1. The lowest BCUT2D eigenvalue weighted by Gasteiger charge is -2.25. The second-order valence-corrected chi connectivity index (χ2v) is 4.56. The molecule has 2 rings (SSSR count). The summed E-state index contributed by atoms with van der Waals surface area (Å²) in [5.74, 6) is 0.989. The second-order valence-electron chi connectivity index (χ2n) is 4.56. The summed E-state index contributed by atoms with van der Waals surface area (Å²) in [6.07, 6.45) is 6.58. The maximum absolute atomic E-state index is 11.7. The van der Waals surface area contributed by atoms with Gasteiger partial charge in [0.15, 0.2) is 0 Å². The molecule has 0 atom stereocenters. The van der Waals surface area contributed by atoms with Gasteiger partial charge >= 0.3 is 0 Å². The summed E-state index contributed by atoms with van der Waals surface area (Å²) in [5, 5.41) is 2.96. The Hall–Kier alpha value is -1.31. The van der Waals surface area contributed by atoms with Gasteiger partial charge in [-0.1, -0.05) is 37.5 Å². The molecule has 0 aromatic heterocycles. The highest BCUT2D eigenvalue weighted by Gasteiger charge is 2.16. The zero-order valence-electron chi connectivity index (χ0n) is 9.61. The van der Waals surface area contributed by atoms with E-state index >= 15 is 0 Å². The van der Waals surface area contributed by atoms with Crippen molar-refractivity contribution in [2.75, 3.05) is 6.54 Å². The van der Waals surface area contributed by atoms with Gasteiger partial charge in [-0.25, -0.2) is 0 Å². The predicted octanol–water partition coefficient (Wildman–Crippen LogP) is 3.00. The van der Waals surface area contributed by atoms with Crippen LogP contribution in [0.4, 0.5) is 0 Å². The van der Waals surface area contributed by atoms with E-state index in [1.165, 1.54) is 25.7 Å². The van der Waals surface area contributed by atoms with Crippen molar-refractivity contribution in [3.05, 3.63) is 35.9 Å². The van der Waals surface area contributed by atoms with E-state index in [4.69, 9.17) is 0 Å². The summed E-state index contributed by atoms with van der Waals surface area (Å²) in [6.45, 7) is 0.810. The molecule has 0 saturated heterocycles. The minimum atomic E-state index is 0.0502. The molecule has 1 saturated carbocycles. The number of hydrogen-bond donors (Lipinski definition) is 1. The van der Waals surface area contributed by atoms with Crippen molar-refractivity contribution in [3.63, 3.8) is 0 Å². The second kappa shape index (κ2) is 5.69. The van der Waals surface area contributed by atoms with Crippen molar-refractivity contribution in [1.29, 1.82) is 0 Å². The zero-order chi connectivity index (χ0) is 11.2. The summed E-state index contributed by atoms with van der Waals surface area (Å²) >= 11 is 0. The van der Waals surface area contributed by atoms with Crippen LogP contribution in [0, 0.1) is 5.92 Å². The Balaban J connectivity index is 1.64. The Labute approximate surface area is 97.1 Å². The van der Waals surface area contributed by atoms with Gasteiger partial charge in [-0.05, 0) is 30.9 Å². The SMILES string of the molecule is O=C(NCCCC1CCC1)c1ccccc1. The Kier molecular flexibility index (Phi) is 3.97. The number of carbonyl (C=O) groups excluding carboxylic acids is 1. The molecular formula is C14H19NO. The van der Waals surface area contributed by atoms with Gasteiger partial charge in [-0.15, -0.1) is 0 Å². The van der Waals surface area contributed by atoms with Gasteiger partial charge in [0, 0.05) is 12.1 Å². The molecule has 2 nitrogen and oxygen atoms in total. The predicted molar refractivity (Wildman–Crippen MR) is 65.4 cm³/mol. The first-order valence-corrected chi connectivity index (χ1v) is 6.19. The molecule has 86 valence electrons. The van der Waals surface area contributed by atoms with E-state index in [2.05, 4.69) is 5.32 Å². The van der Waals surface area contributed by atoms with Crippen LogP contribution in [0.3, 0.4) is 0 Å². The maximum atomic E-state index is 11.7. The summed E-state index contributed by atoms with van der Waals surface area (Å²) in [7, 11) is 0. The fraction of sp³-hybridized carbons (Fsp3) is 0.500. The van der Waals surface area contributed by atoms with E-state index in [1.54, 1.807) is 0 Å². The summed E-state index contributed by atoms with van der Waals surface area (Å²) in [4.78, 5) is 11.7. The van der Waals surface area contributed by atoms with Crippen molar-refractivity contribution in [3.8, 4) is 0 Å². The Morgan fingerprint density at radius 3 is 2.62 bits per heavy atom. The third-order valence-electron chi connectivity index (χ3n) is 3.34. The van der Waals surface area contributed by atoms with Gasteiger partial charge in [0.2, 0.25) is 0 Å². The van der Waals surface area contributed by atoms with Crippen LogP contribution in [0.15, 0.2) is 30.3 Å². The molecule has 1 aromatic rings. The van der Waals surface area contributed by atoms with E-state index in [-0.39, 0.29) is 5.91 Å². The van der Waals surface area contributed by atoms with Crippen LogP contribution in [0.1, 0.15) is 42.5 Å². The van der Waals surface area contributed by atoms with Crippen LogP contribution in [-0.2, 0) is 0 Å². The third-order valence-corrected chi connectivity index (χ3v) is 3.34. The van der Waals surface area contributed by atoms with E-state index < -0.39 is 0 Å². The minimum absolute atomic E-state index is 0.0502. The fourth-order valence-corrected chi connectivity index (χ4v) is 2.07. The maximum Gasteiger partial charge on any atom is 0.251 e. The lowest BCUT2D eigenvalue weighted by atomic mass is 9.82. The van der Waals surface area contributed by atoms with Crippen LogP contribution >= 0.6 is 0 Å². The van der Waals surface area contributed by atoms with Gasteiger partial charge in [-0.2, -0.15) is 0 Å². The molecule has 1 fully saturated rings. The van der Waals surface area contributed by atoms with Crippen molar-refractivity contribution in [2.24, 2.45) is 5.92 Å². The molecule has 0 unspecified atom stereocenters. The van der Waals surface area contributed by atoms with E-state index in [9.17, 15) is 4.79 Å². The van der Waals surface area contributed by atoms with E-state index in [0.717, 1.165) is 24.4 Å². The molecule has 1 amide bonds. The Morgan fingerprint density at radius 1 is 1.25 bits per heavy atom. The van der Waals surface area contributed by atoms with E-state index in [0.29, 0.717) is 0 Å². The van der Waals surface area contributed by atoms with Gasteiger partial charge in [0.05, 0.1) is 0 Å². The van der Waals surface area contributed by atoms with Crippen LogP contribution in [-0.4, -0.2) is 12.5 Å².